The van der Waals surface area contributed by atoms with Crippen LogP contribution >= 0.6 is 15.9 Å². The van der Waals surface area contributed by atoms with E-state index in [1.165, 1.54) is 31.2 Å². The molecular formula is C18H24BrNO. The number of benzene rings is 1. The minimum Gasteiger partial charge on any atom is -0.326 e. The molecule has 21 heavy (non-hydrogen) atoms. The number of amides is 1. The molecule has 2 saturated carbocycles. The lowest BCUT2D eigenvalue weighted by Crippen LogP contribution is -2.20. The van der Waals surface area contributed by atoms with Gasteiger partial charge in [-0.05, 0) is 67.6 Å². The van der Waals surface area contributed by atoms with Gasteiger partial charge in [0.05, 0.1) is 0 Å². The highest BCUT2D eigenvalue weighted by molar-refractivity contribution is 9.09. The molecule has 0 radical (unpaired) electrons. The van der Waals surface area contributed by atoms with Crippen molar-refractivity contribution in [2.24, 2.45) is 17.8 Å². The normalized spacial score (nSPS) is 27.0. The number of carbonyl (C=O) groups is 1. The molecule has 114 valence electrons. The highest BCUT2D eigenvalue weighted by atomic mass is 79.9. The van der Waals surface area contributed by atoms with Gasteiger partial charge in [-0.2, -0.15) is 0 Å². The molecule has 2 bridgehead atoms. The van der Waals surface area contributed by atoms with E-state index in [1.54, 1.807) is 0 Å². The molecule has 1 amide bonds. The maximum Gasteiger partial charge on any atom is 0.224 e. The quantitative estimate of drug-likeness (QED) is 0.735. The van der Waals surface area contributed by atoms with Crippen molar-refractivity contribution < 1.29 is 4.79 Å². The number of nitrogens with one attached hydrogen (secondary N) is 1. The minimum absolute atomic E-state index is 0.199. The highest BCUT2D eigenvalue weighted by Gasteiger charge is 2.40. The summed E-state index contributed by atoms with van der Waals surface area (Å²) in [5.41, 5.74) is 2.25. The largest absolute Gasteiger partial charge is 0.326 e. The molecule has 3 unspecified atom stereocenters. The molecule has 0 heterocycles. The van der Waals surface area contributed by atoms with Crippen molar-refractivity contribution >= 4 is 27.5 Å². The Morgan fingerprint density at radius 3 is 2.90 bits per heavy atom. The maximum absolute atomic E-state index is 12.3. The van der Waals surface area contributed by atoms with Crippen LogP contribution in [-0.4, -0.2) is 11.2 Å². The molecular weight excluding hydrogens is 326 g/mol. The summed E-state index contributed by atoms with van der Waals surface area (Å²) in [6, 6.07) is 8.28. The lowest BCUT2D eigenvalue weighted by molar-refractivity contribution is -0.117. The molecule has 3 rings (SSSR count). The van der Waals surface area contributed by atoms with Crippen molar-refractivity contribution in [1.82, 2.24) is 0 Å². The van der Waals surface area contributed by atoms with E-state index in [9.17, 15) is 4.79 Å². The van der Waals surface area contributed by atoms with E-state index in [0.717, 1.165) is 35.7 Å². The van der Waals surface area contributed by atoms with Crippen LogP contribution in [0.2, 0.25) is 0 Å². The van der Waals surface area contributed by atoms with Crippen LogP contribution in [0.5, 0.6) is 0 Å². The summed E-state index contributed by atoms with van der Waals surface area (Å²) in [7, 11) is 0. The third-order valence-electron chi connectivity index (χ3n) is 5.14. The minimum atomic E-state index is 0.199. The van der Waals surface area contributed by atoms with Crippen LogP contribution in [0.3, 0.4) is 0 Å². The van der Waals surface area contributed by atoms with Gasteiger partial charge in [-0.3, -0.25) is 4.79 Å². The predicted octanol–water partition coefficient (Wildman–Crippen LogP) is 4.78. The smallest absolute Gasteiger partial charge is 0.224 e. The second-order valence-electron chi connectivity index (χ2n) is 6.68. The number of alkyl halides is 1. The standard InChI is InChI=1S/C18H24BrNO/c19-8-2-4-13-3-1-5-17(11-13)20-18(21)12-16-10-14-6-7-15(16)9-14/h1,3,5,11,14-16H,2,4,6-10,12H2,(H,20,21). The van der Waals surface area contributed by atoms with Crippen molar-refractivity contribution in [3.8, 4) is 0 Å². The Hall–Kier alpha value is -0.830. The SMILES string of the molecule is O=C(CC1CC2CCC1C2)Nc1cccc(CCCBr)c1. The van der Waals surface area contributed by atoms with Gasteiger partial charge in [-0.15, -0.1) is 0 Å². The van der Waals surface area contributed by atoms with Crippen molar-refractivity contribution in [2.75, 3.05) is 10.6 Å². The number of aryl methyl sites for hydroxylation is 1. The summed E-state index contributed by atoms with van der Waals surface area (Å²) in [5, 5.41) is 4.12. The molecule has 3 heteroatoms. The number of carbonyl (C=O) groups excluding carboxylic acids is 1. The van der Waals surface area contributed by atoms with Gasteiger partial charge in [-0.25, -0.2) is 0 Å². The summed E-state index contributed by atoms with van der Waals surface area (Å²) in [5.74, 6) is 2.58. The van der Waals surface area contributed by atoms with E-state index in [2.05, 4.69) is 33.4 Å². The molecule has 2 aliphatic rings. The van der Waals surface area contributed by atoms with E-state index in [-0.39, 0.29) is 5.91 Å². The summed E-state index contributed by atoms with van der Waals surface area (Å²) < 4.78 is 0. The Balaban J connectivity index is 1.52. The van der Waals surface area contributed by atoms with Gasteiger partial charge in [0.1, 0.15) is 0 Å². The Labute approximate surface area is 135 Å². The average Bonchev–Trinajstić information content (AvgIpc) is 3.08. The zero-order valence-corrected chi connectivity index (χ0v) is 14.1. The fraction of sp³-hybridized carbons (Fsp3) is 0.611. The van der Waals surface area contributed by atoms with E-state index in [4.69, 9.17) is 0 Å². The fourth-order valence-electron chi connectivity index (χ4n) is 4.15. The third-order valence-corrected chi connectivity index (χ3v) is 5.70. The van der Waals surface area contributed by atoms with Gasteiger partial charge in [0.15, 0.2) is 0 Å². The van der Waals surface area contributed by atoms with E-state index in [0.29, 0.717) is 12.3 Å². The molecule has 0 aromatic heterocycles. The Morgan fingerprint density at radius 1 is 1.29 bits per heavy atom. The van der Waals surface area contributed by atoms with Crippen molar-refractivity contribution in [3.05, 3.63) is 29.8 Å². The van der Waals surface area contributed by atoms with Gasteiger partial charge in [0, 0.05) is 17.4 Å². The zero-order valence-electron chi connectivity index (χ0n) is 12.5. The topological polar surface area (TPSA) is 29.1 Å². The summed E-state index contributed by atoms with van der Waals surface area (Å²) in [6.45, 7) is 0. The van der Waals surface area contributed by atoms with Crippen LogP contribution < -0.4 is 5.32 Å². The molecule has 0 aliphatic heterocycles. The summed E-state index contributed by atoms with van der Waals surface area (Å²) in [6.07, 6.45) is 8.31. The molecule has 3 atom stereocenters. The second-order valence-corrected chi connectivity index (χ2v) is 7.47. The highest BCUT2D eigenvalue weighted by Crippen LogP contribution is 2.49. The van der Waals surface area contributed by atoms with E-state index < -0.39 is 0 Å². The number of fused-ring (bicyclic) bond motifs is 2. The first-order valence-corrected chi connectivity index (χ1v) is 9.31. The van der Waals surface area contributed by atoms with E-state index in [1.807, 2.05) is 12.1 Å². The van der Waals surface area contributed by atoms with Gasteiger partial charge < -0.3 is 5.32 Å². The van der Waals surface area contributed by atoms with Crippen LogP contribution in [0.25, 0.3) is 0 Å². The lowest BCUT2D eigenvalue weighted by atomic mass is 9.86. The first-order valence-electron chi connectivity index (χ1n) is 8.19. The number of anilines is 1. The molecule has 1 N–H and O–H groups in total. The predicted molar refractivity (Wildman–Crippen MR) is 90.7 cm³/mol. The lowest BCUT2D eigenvalue weighted by Gasteiger charge is -2.21. The van der Waals surface area contributed by atoms with Crippen molar-refractivity contribution in [1.29, 1.82) is 0 Å². The molecule has 0 saturated heterocycles. The molecule has 2 nitrogen and oxygen atoms in total. The van der Waals surface area contributed by atoms with Gasteiger partial charge in [-0.1, -0.05) is 34.5 Å². The summed E-state index contributed by atoms with van der Waals surface area (Å²) in [4.78, 5) is 12.3. The molecule has 1 aromatic rings. The van der Waals surface area contributed by atoms with Gasteiger partial charge >= 0.3 is 0 Å². The summed E-state index contributed by atoms with van der Waals surface area (Å²) >= 11 is 3.46. The van der Waals surface area contributed by atoms with Gasteiger partial charge in [0.2, 0.25) is 5.91 Å². The number of hydrogen-bond donors (Lipinski definition) is 1. The molecule has 2 aliphatic carbocycles. The van der Waals surface area contributed by atoms with Crippen LogP contribution in [0.4, 0.5) is 5.69 Å². The van der Waals surface area contributed by atoms with Crippen LogP contribution in [0, 0.1) is 17.8 Å². The number of halogens is 1. The van der Waals surface area contributed by atoms with Crippen LogP contribution in [0.15, 0.2) is 24.3 Å². The van der Waals surface area contributed by atoms with Crippen LogP contribution in [0.1, 0.15) is 44.1 Å². The van der Waals surface area contributed by atoms with Crippen molar-refractivity contribution in [2.45, 2.75) is 44.9 Å². The monoisotopic (exact) mass is 349 g/mol. The maximum atomic E-state index is 12.3. The Bertz CT molecular complexity index is 502. The Kier molecular flexibility index (Phi) is 4.99. The zero-order chi connectivity index (χ0) is 14.7. The first kappa shape index (κ1) is 15.1. The number of rotatable bonds is 6. The molecule has 2 fully saturated rings. The third kappa shape index (κ3) is 3.88. The second kappa shape index (κ2) is 6.95. The average molecular weight is 350 g/mol. The number of hydrogen-bond acceptors (Lipinski definition) is 1. The van der Waals surface area contributed by atoms with Crippen LogP contribution in [-0.2, 0) is 11.2 Å². The molecule has 0 spiro atoms. The molecule has 1 aromatic carbocycles. The first-order chi connectivity index (χ1) is 10.2. The van der Waals surface area contributed by atoms with Gasteiger partial charge in [0.25, 0.3) is 0 Å². The van der Waals surface area contributed by atoms with E-state index >= 15 is 0 Å². The Morgan fingerprint density at radius 2 is 2.19 bits per heavy atom. The van der Waals surface area contributed by atoms with Crippen molar-refractivity contribution in [3.63, 3.8) is 0 Å². The fourth-order valence-corrected chi connectivity index (χ4v) is 4.43.